The summed E-state index contributed by atoms with van der Waals surface area (Å²) in [7, 11) is 0. The molecule has 0 radical (unpaired) electrons. The molecule has 0 unspecified atom stereocenters. The van der Waals surface area contributed by atoms with Crippen molar-refractivity contribution in [1.82, 2.24) is 0 Å². The number of hydrogen-bond acceptors (Lipinski definition) is 2. The van der Waals surface area contributed by atoms with Crippen LogP contribution in [-0.2, 0) is 13.2 Å². The van der Waals surface area contributed by atoms with Gasteiger partial charge in [0.05, 0.1) is 10.7 Å². The summed E-state index contributed by atoms with van der Waals surface area (Å²) in [5.41, 5.74) is 4.37. The van der Waals surface area contributed by atoms with Crippen molar-refractivity contribution in [3.8, 4) is 5.75 Å². The molecule has 0 saturated carbocycles. The minimum Gasteiger partial charge on any atom is -0.489 e. The van der Waals surface area contributed by atoms with Crippen LogP contribution in [0.15, 0.2) is 66.7 Å². The van der Waals surface area contributed by atoms with Gasteiger partial charge < -0.3 is 10.1 Å². The molecule has 0 spiro atoms. The minimum atomic E-state index is 0.565. The molecule has 128 valence electrons. The van der Waals surface area contributed by atoms with Gasteiger partial charge in [-0.25, -0.2) is 0 Å². The van der Waals surface area contributed by atoms with Crippen LogP contribution in [0.3, 0.4) is 0 Å². The number of anilines is 1. The number of ether oxygens (including phenoxy) is 1. The van der Waals surface area contributed by atoms with E-state index in [-0.39, 0.29) is 0 Å². The molecule has 0 heterocycles. The van der Waals surface area contributed by atoms with Crippen molar-refractivity contribution in [3.63, 3.8) is 0 Å². The Kier molecular flexibility index (Phi) is 5.85. The lowest BCUT2D eigenvalue weighted by Gasteiger charge is -2.10. The van der Waals surface area contributed by atoms with E-state index in [1.165, 1.54) is 5.56 Å². The zero-order valence-corrected chi connectivity index (χ0v) is 15.4. The first kappa shape index (κ1) is 17.7. The molecule has 0 atom stereocenters. The third-order valence-electron chi connectivity index (χ3n) is 3.86. The normalized spacial score (nSPS) is 10.5. The highest BCUT2D eigenvalue weighted by Gasteiger charge is 2.02. The van der Waals surface area contributed by atoms with E-state index in [9.17, 15) is 0 Å². The number of aryl methyl sites for hydroxylation is 1. The first-order chi connectivity index (χ1) is 12.1. The van der Waals surface area contributed by atoms with E-state index < -0.39 is 0 Å². The van der Waals surface area contributed by atoms with Crippen LogP contribution in [0.4, 0.5) is 5.69 Å². The van der Waals surface area contributed by atoms with Crippen LogP contribution in [-0.4, -0.2) is 0 Å². The molecular weight excluding hydrogens is 353 g/mol. The summed E-state index contributed by atoms with van der Waals surface area (Å²) < 4.78 is 5.83. The van der Waals surface area contributed by atoms with Crippen molar-refractivity contribution in [1.29, 1.82) is 0 Å². The highest BCUT2D eigenvalue weighted by Crippen LogP contribution is 2.26. The fraction of sp³-hybridized carbons (Fsp3) is 0.143. The van der Waals surface area contributed by atoms with Crippen molar-refractivity contribution in [3.05, 3.63) is 93.5 Å². The van der Waals surface area contributed by atoms with E-state index >= 15 is 0 Å². The van der Waals surface area contributed by atoms with Gasteiger partial charge in [0.1, 0.15) is 12.4 Å². The van der Waals surface area contributed by atoms with Crippen LogP contribution in [0.25, 0.3) is 0 Å². The van der Waals surface area contributed by atoms with Crippen molar-refractivity contribution in [2.45, 2.75) is 20.1 Å². The van der Waals surface area contributed by atoms with E-state index in [0.29, 0.717) is 23.2 Å². The number of nitrogens with one attached hydrogen (secondary N) is 1. The van der Waals surface area contributed by atoms with Crippen LogP contribution >= 0.6 is 23.2 Å². The molecule has 0 aromatic heterocycles. The number of hydrogen-bond donors (Lipinski definition) is 1. The van der Waals surface area contributed by atoms with Crippen molar-refractivity contribution < 1.29 is 4.74 Å². The molecule has 1 N–H and O–H groups in total. The average Bonchev–Trinajstić information content (AvgIpc) is 2.63. The molecule has 0 aliphatic heterocycles. The molecule has 3 aromatic carbocycles. The standard InChI is InChI=1S/C21H19Cl2NO/c1-15-2-4-17(5-3-15)14-25-19-9-6-16(7-10-19)13-24-21-12-18(22)8-11-20(21)23/h2-12,24H,13-14H2,1H3. The third kappa shape index (κ3) is 5.15. The molecule has 0 aliphatic carbocycles. The number of benzene rings is 3. The SMILES string of the molecule is Cc1ccc(COc2ccc(CNc3cc(Cl)ccc3Cl)cc2)cc1. The van der Waals surface area contributed by atoms with Gasteiger partial charge in [0, 0.05) is 11.6 Å². The largest absolute Gasteiger partial charge is 0.489 e. The predicted molar refractivity (Wildman–Crippen MR) is 106 cm³/mol. The Morgan fingerprint density at radius 2 is 1.52 bits per heavy atom. The van der Waals surface area contributed by atoms with Gasteiger partial charge in [-0.05, 0) is 48.4 Å². The van der Waals surface area contributed by atoms with E-state index in [0.717, 1.165) is 22.6 Å². The summed E-state index contributed by atoms with van der Waals surface area (Å²) in [5.74, 6) is 0.852. The molecule has 25 heavy (non-hydrogen) atoms. The number of halogens is 2. The van der Waals surface area contributed by atoms with Crippen molar-refractivity contribution >= 4 is 28.9 Å². The zero-order valence-electron chi connectivity index (χ0n) is 13.9. The molecule has 4 heteroatoms. The summed E-state index contributed by atoms with van der Waals surface area (Å²) in [6.07, 6.45) is 0. The molecule has 0 fully saturated rings. The Bertz CT molecular complexity index is 830. The van der Waals surface area contributed by atoms with Crippen LogP contribution in [0.5, 0.6) is 5.75 Å². The first-order valence-corrected chi connectivity index (χ1v) is 8.82. The maximum atomic E-state index is 6.16. The lowest BCUT2D eigenvalue weighted by molar-refractivity contribution is 0.306. The fourth-order valence-electron chi connectivity index (χ4n) is 2.38. The summed E-state index contributed by atoms with van der Waals surface area (Å²) in [4.78, 5) is 0. The Balaban J connectivity index is 1.55. The third-order valence-corrected chi connectivity index (χ3v) is 4.43. The molecule has 2 nitrogen and oxygen atoms in total. The van der Waals surface area contributed by atoms with Crippen molar-refractivity contribution in [2.24, 2.45) is 0 Å². The van der Waals surface area contributed by atoms with E-state index in [1.807, 2.05) is 30.3 Å². The lowest BCUT2D eigenvalue weighted by Crippen LogP contribution is -2.00. The van der Waals surface area contributed by atoms with Crippen LogP contribution < -0.4 is 10.1 Å². The molecule has 0 aliphatic rings. The quantitative estimate of drug-likeness (QED) is 0.534. The van der Waals surface area contributed by atoms with Gasteiger partial charge in [-0.15, -0.1) is 0 Å². The summed E-state index contributed by atoms with van der Waals surface area (Å²) in [6, 6.07) is 21.8. The van der Waals surface area contributed by atoms with E-state index in [4.69, 9.17) is 27.9 Å². The summed E-state index contributed by atoms with van der Waals surface area (Å²) in [5, 5.41) is 4.61. The zero-order chi connectivity index (χ0) is 17.6. The summed E-state index contributed by atoms with van der Waals surface area (Å²) in [6.45, 7) is 3.31. The Morgan fingerprint density at radius 3 is 2.24 bits per heavy atom. The predicted octanol–water partition coefficient (Wildman–Crippen LogP) is 6.49. The second-order valence-corrected chi connectivity index (χ2v) is 6.74. The van der Waals surface area contributed by atoms with Gasteiger partial charge >= 0.3 is 0 Å². The highest BCUT2D eigenvalue weighted by molar-refractivity contribution is 6.35. The van der Waals surface area contributed by atoms with Gasteiger partial charge in [-0.2, -0.15) is 0 Å². The molecular formula is C21H19Cl2NO. The maximum Gasteiger partial charge on any atom is 0.119 e. The van der Waals surface area contributed by atoms with Crippen LogP contribution in [0, 0.1) is 6.92 Å². The van der Waals surface area contributed by atoms with Crippen molar-refractivity contribution in [2.75, 3.05) is 5.32 Å². The van der Waals surface area contributed by atoms with E-state index in [1.54, 1.807) is 12.1 Å². The molecule has 3 rings (SSSR count). The second kappa shape index (κ2) is 8.28. The van der Waals surface area contributed by atoms with Gasteiger partial charge in [0.15, 0.2) is 0 Å². The smallest absolute Gasteiger partial charge is 0.119 e. The second-order valence-electron chi connectivity index (χ2n) is 5.90. The average molecular weight is 372 g/mol. The number of rotatable bonds is 6. The van der Waals surface area contributed by atoms with Gasteiger partial charge in [-0.3, -0.25) is 0 Å². The monoisotopic (exact) mass is 371 g/mol. The molecule has 0 saturated heterocycles. The molecule has 0 amide bonds. The van der Waals surface area contributed by atoms with Crippen LogP contribution in [0.1, 0.15) is 16.7 Å². The van der Waals surface area contributed by atoms with Crippen LogP contribution in [0.2, 0.25) is 10.0 Å². The Morgan fingerprint density at radius 1 is 0.840 bits per heavy atom. The maximum absolute atomic E-state index is 6.16. The summed E-state index contributed by atoms with van der Waals surface area (Å²) >= 11 is 12.2. The van der Waals surface area contributed by atoms with Gasteiger partial charge in [0.25, 0.3) is 0 Å². The Hall–Kier alpha value is -2.16. The Labute approximate surface area is 158 Å². The van der Waals surface area contributed by atoms with E-state index in [2.05, 4.69) is 36.5 Å². The van der Waals surface area contributed by atoms with Gasteiger partial charge in [0.2, 0.25) is 0 Å². The fourth-order valence-corrected chi connectivity index (χ4v) is 2.74. The first-order valence-electron chi connectivity index (χ1n) is 8.06. The highest BCUT2D eigenvalue weighted by atomic mass is 35.5. The molecule has 0 bridgehead atoms. The van der Waals surface area contributed by atoms with Gasteiger partial charge in [-0.1, -0.05) is 65.2 Å². The molecule has 3 aromatic rings. The topological polar surface area (TPSA) is 21.3 Å². The minimum absolute atomic E-state index is 0.565. The lowest BCUT2D eigenvalue weighted by atomic mass is 10.2.